The molecule has 2 aromatic rings. The quantitative estimate of drug-likeness (QED) is 0.382. The molecule has 9 heteroatoms. The van der Waals surface area contributed by atoms with E-state index in [9.17, 15) is 19.8 Å². The van der Waals surface area contributed by atoms with Crippen molar-refractivity contribution >= 4 is 17.6 Å². The van der Waals surface area contributed by atoms with Crippen molar-refractivity contribution in [3.8, 4) is 0 Å². The number of carboxylic acids is 1. The van der Waals surface area contributed by atoms with Crippen molar-refractivity contribution in [1.82, 2.24) is 4.90 Å². The van der Waals surface area contributed by atoms with Gasteiger partial charge in [0.25, 0.3) is 0 Å². The van der Waals surface area contributed by atoms with Gasteiger partial charge in [-0.25, -0.2) is 0 Å². The van der Waals surface area contributed by atoms with Gasteiger partial charge >= 0.3 is 5.97 Å². The van der Waals surface area contributed by atoms with E-state index in [1.54, 1.807) is 18.2 Å². The summed E-state index contributed by atoms with van der Waals surface area (Å²) in [4.78, 5) is 25.2. The van der Waals surface area contributed by atoms with Crippen molar-refractivity contribution in [2.75, 3.05) is 25.0 Å². The minimum atomic E-state index is -1.02. The number of nitrogens with one attached hydrogen (secondary N) is 1. The number of aliphatic carboxylic acids is 1. The zero-order chi connectivity index (χ0) is 26.4. The van der Waals surface area contributed by atoms with Crippen LogP contribution in [0.3, 0.4) is 0 Å². The van der Waals surface area contributed by atoms with Crippen molar-refractivity contribution in [2.24, 2.45) is 5.92 Å². The van der Waals surface area contributed by atoms with Crippen molar-refractivity contribution in [1.29, 1.82) is 0 Å². The van der Waals surface area contributed by atoms with Gasteiger partial charge in [-0.1, -0.05) is 43.3 Å². The maximum Gasteiger partial charge on any atom is 0.303 e. The number of hydrogen-bond donors (Lipinski definition) is 4. The summed E-state index contributed by atoms with van der Waals surface area (Å²) < 4.78 is 13.0. The molecule has 2 aliphatic rings. The summed E-state index contributed by atoms with van der Waals surface area (Å²) in [6, 6.07) is 15.1. The van der Waals surface area contributed by atoms with Crippen LogP contribution < -0.4 is 5.32 Å². The van der Waals surface area contributed by atoms with Gasteiger partial charge in [-0.2, -0.15) is 0 Å². The number of carbonyl (C=O) groups excluding carboxylic acids is 1. The van der Waals surface area contributed by atoms with Gasteiger partial charge in [0.1, 0.15) is 0 Å². The first-order valence-electron chi connectivity index (χ1n) is 12.8. The largest absolute Gasteiger partial charge is 0.481 e. The molecular formula is C28H36N2O7. The second-order valence-corrected chi connectivity index (χ2v) is 9.86. The molecule has 2 aliphatic heterocycles. The number of hydrogen-bond acceptors (Lipinski definition) is 7. The zero-order valence-corrected chi connectivity index (χ0v) is 21.1. The Balaban J connectivity index is 1.56. The summed E-state index contributed by atoms with van der Waals surface area (Å²) in [5.41, 5.74) is 3.09. The lowest BCUT2D eigenvalue weighted by molar-refractivity contribution is -0.276. The van der Waals surface area contributed by atoms with Crippen LogP contribution in [0.4, 0.5) is 5.69 Å². The minimum Gasteiger partial charge on any atom is -0.481 e. The van der Waals surface area contributed by atoms with Crippen LogP contribution in [0.25, 0.3) is 0 Å². The number of carboxylic acid groups (broad SMARTS) is 1. The lowest BCUT2D eigenvalue weighted by Crippen LogP contribution is -2.46. The van der Waals surface area contributed by atoms with Crippen LogP contribution in [0.15, 0.2) is 48.5 Å². The summed E-state index contributed by atoms with van der Waals surface area (Å²) in [7, 11) is 0. The molecule has 37 heavy (non-hydrogen) atoms. The lowest BCUT2D eigenvalue weighted by atomic mass is 9.90. The summed E-state index contributed by atoms with van der Waals surface area (Å²) in [5, 5.41) is 30.8. The van der Waals surface area contributed by atoms with Crippen molar-refractivity contribution in [2.45, 2.75) is 63.8 Å². The highest BCUT2D eigenvalue weighted by molar-refractivity contribution is 5.92. The number of benzene rings is 2. The second kappa shape index (κ2) is 12.6. The molecule has 200 valence electrons. The SMILES string of the molecule is C[C@H]1[C@@H](CN2CCC[C@H]2CO)O[C@@H](c2cccc(NC(=O)CCC(=O)O)c2)O[C@H]1c1ccc(CO)cc1. The number of carbonyl (C=O) groups is 2. The average molecular weight is 513 g/mol. The number of aliphatic hydroxyl groups is 2. The normalized spacial score (nSPS) is 26.2. The fourth-order valence-electron chi connectivity index (χ4n) is 5.11. The van der Waals surface area contributed by atoms with E-state index in [1.165, 1.54) is 0 Å². The molecule has 0 aliphatic carbocycles. The van der Waals surface area contributed by atoms with Gasteiger partial charge in [0.15, 0.2) is 6.29 Å². The molecule has 4 N–H and O–H groups in total. The molecule has 2 fully saturated rings. The topological polar surface area (TPSA) is 129 Å². The third-order valence-corrected chi connectivity index (χ3v) is 7.26. The van der Waals surface area contributed by atoms with Gasteiger partial charge in [0, 0.05) is 36.2 Å². The summed E-state index contributed by atoms with van der Waals surface area (Å²) in [6.07, 6.45) is 0.554. The Morgan fingerprint density at radius 1 is 1.05 bits per heavy atom. The molecule has 0 unspecified atom stereocenters. The molecule has 9 nitrogen and oxygen atoms in total. The highest BCUT2D eigenvalue weighted by atomic mass is 16.7. The fourth-order valence-corrected chi connectivity index (χ4v) is 5.11. The van der Waals surface area contributed by atoms with Crippen molar-refractivity contribution in [3.63, 3.8) is 0 Å². The molecular weight excluding hydrogens is 476 g/mol. The summed E-state index contributed by atoms with van der Waals surface area (Å²) in [6.45, 7) is 3.78. The number of anilines is 1. The predicted molar refractivity (Wildman–Crippen MR) is 137 cm³/mol. The van der Waals surface area contributed by atoms with Gasteiger partial charge in [-0.15, -0.1) is 0 Å². The maximum atomic E-state index is 12.2. The first kappa shape index (κ1) is 27.2. The summed E-state index contributed by atoms with van der Waals surface area (Å²) >= 11 is 0. The Morgan fingerprint density at radius 3 is 2.54 bits per heavy atom. The Hall–Kier alpha value is -2.82. The third-order valence-electron chi connectivity index (χ3n) is 7.26. The highest BCUT2D eigenvalue weighted by Gasteiger charge is 2.40. The predicted octanol–water partition coefficient (Wildman–Crippen LogP) is 3.23. The molecule has 0 spiro atoms. The number of likely N-dealkylation sites (tertiary alicyclic amines) is 1. The molecule has 2 saturated heterocycles. The molecule has 4 rings (SSSR count). The molecule has 1 amide bonds. The van der Waals surface area contributed by atoms with E-state index >= 15 is 0 Å². The zero-order valence-electron chi connectivity index (χ0n) is 21.1. The Bertz CT molecular complexity index is 1060. The van der Waals surface area contributed by atoms with Crippen LogP contribution in [0.5, 0.6) is 0 Å². The Morgan fingerprint density at radius 2 is 1.84 bits per heavy atom. The Labute approximate surface area is 217 Å². The van der Waals surface area contributed by atoms with Crippen LogP contribution in [0, 0.1) is 5.92 Å². The van der Waals surface area contributed by atoms with Gasteiger partial charge in [-0.05, 0) is 42.6 Å². The van der Waals surface area contributed by atoms with E-state index in [4.69, 9.17) is 14.6 Å². The Kier molecular flexibility index (Phi) is 9.28. The van der Waals surface area contributed by atoms with Gasteiger partial charge < -0.3 is 30.1 Å². The molecule has 0 aromatic heterocycles. The standard InChI is InChI=1S/C28H36N2O7/c1-18-24(15-30-13-3-6-23(30)17-32)36-28(37-27(18)20-9-7-19(16-31)8-10-20)21-4-2-5-22(14-21)29-25(33)11-12-26(34)35/h2,4-5,7-10,14,18,23-24,27-28,31-32H,3,6,11-13,15-17H2,1H3,(H,29,33)(H,34,35)/t18-,23-,24+,27+,28+/m0/s1. The lowest BCUT2D eigenvalue weighted by Gasteiger charge is -2.43. The van der Waals surface area contributed by atoms with Crippen LogP contribution in [-0.2, 0) is 25.7 Å². The number of rotatable bonds is 10. The number of ether oxygens (including phenoxy) is 2. The van der Waals surface area contributed by atoms with Crippen LogP contribution in [-0.4, -0.2) is 63.9 Å². The van der Waals surface area contributed by atoms with E-state index < -0.39 is 12.3 Å². The highest BCUT2D eigenvalue weighted by Crippen LogP contribution is 2.42. The van der Waals surface area contributed by atoms with Crippen LogP contribution in [0.2, 0.25) is 0 Å². The van der Waals surface area contributed by atoms with Crippen LogP contribution in [0.1, 0.15) is 61.7 Å². The van der Waals surface area contributed by atoms with E-state index in [-0.39, 0.29) is 56.1 Å². The fraction of sp³-hybridized carbons (Fsp3) is 0.500. The molecule has 0 bridgehead atoms. The van der Waals surface area contributed by atoms with E-state index in [1.807, 2.05) is 30.3 Å². The maximum absolute atomic E-state index is 12.2. The van der Waals surface area contributed by atoms with E-state index in [0.717, 1.165) is 36.1 Å². The van der Waals surface area contributed by atoms with Crippen LogP contribution >= 0.6 is 0 Å². The van der Waals surface area contributed by atoms with E-state index in [2.05, 4.69) is 17.1 Å². The molecule has 2 aromatic carbocycles. The second-order valence-electron chi connectivity index (χ2n) is 9.86. The minimum absolute atomic E-state index is 0.0232. The molecule has 5 atom stereocenters. The molecule has 0 saturated carbocycles. The monoisotopic (exact) mass is 512 g/mol. The molecule has 2 heterocycles. The van der Waals surface area contributed by atoms with Gasteiger partial charge in [-0.3, -0.25) is 14.5 Å². The third kappa shape index (κ3) is 6.94. The van der Waals surface area contributed by atoms with E-state index in [0.29, 0.717) is 12.2 Å². The number of amides is 1. The van der Waals surface area contributed by atoms with Crippen molar-refractivity contribution in [3.05, 3.63) is 65.2 Å². The van der Waals surface area contributed by atoms with Gasteiger partial charge in [0.2, 0.25) is 5.91 Å². The average Bonchev–Trinajstić information content (AvgIpc) is 3.36. The summed E-state index contributed by atoms with van der Waals surface area (Å²) in [5.74, 6) is -1.37. The van der Waals surface area contributed by atoms with Crippen molar-refractivity contribution < 1.29 is 34.4 Å². The number of nitrogens with zero attached hydrogens (tertiary/aromatic N) is 1. The smallest absolute Gasteiger partial charge is 0.303 e. The van der Waals surface area contributed by atoms with Gasteiger partial charge in [0.05, 0.1) is 31.8 Å². The number of aliphatic hydroxyl groups excluding tert-OH is 2. The first-order valence-corrected chi connectivity index (χ1v) is 12.8. The first-order chi connectivity index (χ1) is 17.9. The molecule has 0 radical (unpaired) electrons.